The Kier molecular flexibility index (Phi) is 4.43. The van der Waals surface area contributed by atoms with Crippen molar-refractivity contribution in [1.29, 1.82) is 0 Å². The molecule has 0 saturated carbocycles. The van der Waals surface area contributed by atoms with E-state index in [-0.39, 0.29) is 11.5 Å². The van der Waals surface area contributed by atoms with Gasteiger partial charge in [-0.25, -0.2) is 4.98 Å². The summed E-state index contributed by atoms with van der Waals surface area (Å²) in [5.74, 6) is 0.408. The highest BCUT2D eigenvalue weighted by Crippen LogP contribution is 2.31. The molecule has 3 rings (SSSR count). The number of anilines is 1. The van der Waals surface area contributed by atoms with Gasteiger partial charge in [-0.2, -0.15) is 4.73 Å². The predicted molar refractivity (Wildman–Crippen MR) is 92.2 cm³/mol. The lowest BCUT2D eigenvalue weighted by Crippen LogP contribution is -2.27. The van der Waals surface area contributed by atoms with Crippen LogP contribution in [-0.4, -0.2) is 18.0 Å². The summed E-state index contributed by atoms with van der Waals surface area (Å²) in [5, 5.41) is 14.5. The molecule has 7 heteroatoms. The number of hydrogen-bond acceptors (Lipinski definition) is 5. The largest absolute Gasteiger partial charge is 0.619 e. The number of pyridine rings is 1. The molecule has 24 heavy (non-hydrogen) atoms. The number of carbonyl (C=O) groups is 1. The number of nitrogens with one attached hydrogen (secondary N) is 1. The molecule has 0 spiro atoms. The molecule has 2 heterocycles. The monoisotopic (exact) mass is 341 g/mol. The number of aryl methyl sites for hydroxylation is 1. The van der Waals surface area contributed by atoms with Crippen molar-refractivity contribution in [1.82, 2.24) is 4.98 Å². The first kappa shape index (κ1) is 15.9. The van der Waals surface area contributed by atoms with Gasteiger partial charge in [0.1, 0.15) is 11.3 Å². The molecular formula is C17H15N3O3S. The zero-order valence-electron chi connectivity index (χ0n) is 13.1. The first-order valence-electron chi connectivity index (χ1n) is 7.19. The van der Waals surface area contributed by atoms with E-state index in [9.17, 15) is 10.0 Å². The Morgan fingerprint density at radius 3 is 2.71 bits per heavy atom. The number of aromatic nitrogens is 2. The maximum absolute atomic E-state index is 12.2. The van der Waals surface area contributed by atoms with E-state index in [1.165, 1.54) is 29.8 Å². The molecule has 1 aromatic carbocycles. The number of benzene rings is 1. The Balaban J connectivity index is 1.82. The van der Waals surface area contributed by atoms with Crippen LogP contribution in [0.3, 0.4) is 0 Å². The van der Waals surface area contributed by atoms with Gasteiger partial charge in [0.05, 0.1) is 12.8 Å². The highest BCUT2D eigenvalue weighted by Gasteiger charge is 2.14. The van der Waals surface area contributed by atoms with Crippen LogP contribution in [0, 0.1) is 12.1 Å². The van der Waals surface area contributed by atoms with Gasteiger partial charge in [0.15, 0.2) is 17.5 Å². The van der Waals surface area contributed by atoms with Gasteiger partial charge in [-0.15, -0.1) is 11.3 Å². The topological polar surface area (TPSA) is 78.2 Å². The molecule has 0 bridgehead atoms. The maximum Gasteiger partial charge on any atom is 0.263 e. The Morgan fingerprint density at radius 2 is 2.04 bits per heavy atom. The van der Waals surface area contributed by atoms with E-state index >= 15 is 0 Å². The van der Waals surface area contributed by atoms with Crippen LogP contribution in [0.15, 0.2) is 48.8 Å². The minimum Gasteiger partial charge on any atom is -0.619 e. The summed E-state index contributed by atoms with van der Waals surface area (Å²) in [4.78, 5) is 17.7. The molecule has 0 atom stereocenters. The van der Waals surface area contributed by atoms with Gasteiger partial charge in [-0.05, 0) is 37.3 Å². The normalized spacial score (nSPS) is 10.4. The molecule has 6 nitrogen and oxygen atoms in total. The fourth-order valence-electron chi connectivity index (χ4n) is 2.22. The lowest BCUT2D eigenvalue weighted by Gasteiger charge is -2.02. The molecule has 2 aromatic heterocycles. The fraction of sp³-hybridized carbons (Fsp3) is 0.118. The van der Waals surface area contributed by atoms with Crippen LogP contribution in [0.2, 0.25) is 0 Å². The third kappa shape index (κ3) is 3.36. The summed E-state index contributed by atoms with van der Waals surface area (Å²) < 4.78 is 5.74. The molecule has 0 saturated heterocycles. The number of rotatable bonds is 4. The fourth-order valence-corrected chi connectivity index (χ4v) is 3.06. The first-order chi connectivity index (χ1) is 11.6. The number of methoxy groups -OCH3 is 1. The third-order valence-electron chi connectivity index (χ3n) is 3.42. The van der Waals surface area contributed by atoms with Crippen LogP contribution < -0.4 is 14.8 Å². The van der Waals surface area contributed by atoms with Crippen molar-refractivity contribution in [3.05, 3.63) is 64.4 Å². The Labute approximate surface area is 143 Å². The SMILES string of the molecule is COc1ccc(-c2nc(NC(=O)c3ccc[n+]([O-])c3)sc2C)cc1. The van der Waals surface area contributed by atoms with Crippen molar-refractivity contribution in [2.75, 3.05) is 12.4 Å². The van der Waals surface area contributed by atoms with Gasteiger partial charge >= 0.3 is 0 Å². The van der Waals surface area contributed by atoms with Crippen LogP contribution in [0.5, 0.6) is 5.75 Å². The summed E-state index contributed by atoms with van der Waals surface area (Å²) in [6, 6.07) is 10.7. The molecule has 0 radical (unpaired) electrons. The Bertz CT molecular complexity index is 875. The van der Waals surface area contributed by atoms with E-state index in [0.29, 0.717) is 9.86 Å². The Morgan fingerprint density at radius 1 is 1.29 bits per heavy atom. The van der Waals surface area contributed by atoms with Crippen molar-refractivity contribution in [2.45, 2.75) is 6.92 Å². The molecule has 1 amide bonds. The molecule has 3 aromatic rings. The highest BCUT2D eigenvalue weighted by molar-refractivity contribution is 7.16. The number of hydrogen-bond donors (Lipinski definition) is 1. The zero-order chi connectivity index (χ0) is 17.1. The summed E-state index contributed by atoms with van der Waals surface area (Å²) >= 11 is 1.39. The minimum absolute atomic E-state index is 0.284. The van der Waals surface area contributed by atoms with Crippen molar-refractivity contribution < 1.29 is 14.3 Å². The molecule has 0 aliphatic rings. The molecule has 0 unspecified atom stereocenters. The van der Waals surface area contributed by atoms with Gasteiger partial charge in [-0.3, -0.25) is 10.1 Å². The second kappa shape index (κ2) is 6.67. The molecule has 0 fully saturated rings. The average Bonchev–Trinajstić information content (AvgIpc) is 2.95. The van der Waals surface area contributed by atoms with Gasteiger partial charge in [0.25, 0.3) is 5.91 Å². The van der Waals surface area contributed by atoms with E-state index in [2.05, 4.69) is 10.3 Å². The smallest absolute Gasteiger partial charge is 0.263 e. The maximum atomic E-state index is 12.2. The number of ether oxygens (including phenoxy) is 1. The minimum atomic E-state index is -0.366. The van der Waals surface area contributed by atoms with Crippen LogP contribution in [0.4, 0.5) is 5.13 Å². The van der Waals surface area contributed by atoms with Gasteiger partial charge in [-0.1, -0.05) is 0 Å². The Hall–Kier alpha value is -2.93. The van der Waals surface area contributed by atoms with Gasteiger partial charge < -0.3 is 9.94 Å². The number of nitrogens with zero attached hydrogens (tertiary/aromatic N) is 2. The van der Waals surface area contributed by atoms with E-state index in [1.807, 2.05) is 31.2 Å². The second-order valence-corrected chi connectivity index (χ2v) is 6.26. The molecule has 0 aliphatic carbocycles. The van der Waals surface area contributed by atoms with Crippen LogP contribution >= 0.6 is 11.3 Å². The van der Waals surface area contributed by atoms with E-state index < -0.39 is 0 Å². The van der Waals surface area contributed by atoms with E-state index in [1.54, 1.807) is 13.2 Å². The van der Waals surface area contributed by atoms with Gasteiger partial charge in [0, 0.05) is 16.5 Å². The van der Waals surface area contributed by atoms with Crippen LogP contribution in [0.1, 0.15) is 15.2 Å². The molecule has 122 valence electrons. The average molecular weight is 341 g/mol. The van der Waals surface area contributed by atoms with Crippen molar-refractivity contribution in [3.8, 4) is 17.0 Å². The summed E-state index contributed by atoms with van der Waals surface area (Å²) in [7, 11) is 1.62. The number of amides is 1. The second-order valence-electron chi connectivity index (χ2n) is 5.06. The van der Waals surface area contributed by atoms with Crippen molar-refractivity contribution in [2.24, 2.45) is 0 Å². The predicted octanol–water partition coefficient (Wildman–Crippen LogP) is 3.01. The standard InChI is InChI=1S/C17H15N3O3S/c1-11-15(12-5-7-14(23-2)8-6-12)18-17(24-11)19-16(21)13-4-3-9-20(22)10-13/h3-10H,1-2H3,(H,18,19,21). The summed E-state index contributed by atoms with van der Waals surface area (Å²) in [5.41, 5.74) is 2.04. The van der Waals surface area contributed by atoms with Gasteiger partial charge in [0.2, 0.25) is 0 Å². The highest BCUT2D eigenvalue weighted by atomic mass is 32.1. The van der Waals surface area contributed by atoms with E-state index in [4.69, 9.17) is 4.74 Å². The molecule has 1 N–H and O–H groups in total. The van der Waals surface area contributed by atoms with Crippen LogP contribution in [-0.2, 0) is 0 Å². The number of carbonyl (C=O) groups excluding carboxylic acids is 1. The van der Waals surface area contributed by atoms with Crippen molar-refractivity contribution >= 4 is 22.4 Å². The number of thiazole rings is 1. The third-order valence-corrected chi connectivity index (χ3v) is 4.30. The zero-order valence-corrected chi connectivity index (χ0v) is 14.0. The summed E-state index contributed by atoms with van der Waals surface area (Å²) in [6.45, 7) is 1.95. The lowest BCUT2D eigenvalue weighted by atomic mass is 10.1. The quantitative estimate of drug-likeness (QED) is 0.584. The van der Waals surface area contributed by atoms with Crippen molar-refractivity contribution in [3.63, 3.8) is 0 Å². The lowest BCUT2D eigenvalue weighted by molar-refractivity contribution is -0.605. The summed E-state index contributed by atoms with van der Waals surface area (Å²) in [6.07, 6.45) is 2.55. The van der Waals surface area contributed by atoms with Crippen LogP contribution in [0.25, 0.3) is 11.3 Å². The molecule has 0 aliphatic heterocycles. The first-order valence-corrected chi connectivity index (χ1v) is 8.00. The van der Waals surface area contributed by atoms with E-state index in [0.717, 1.165) is 21.9 Å². The molecular weight excluding hydrogens is 326 g/mol.